The monoisotopic (exact) mass is 282 g/mol. The molecule has 2 rings (SSSR count). The molecule has 2 fully saturated rings. The van der Waals surface area contributed by atoms with Gasteiger partial charge >= 0.3 is 12.0 Å². The summed E-state index contributed by atoms with van der Waals surface area (Å²) < 4.78 is 0. The van der Waals surface area contributed by atoms with Crippen molar-refractivity contribution < 1.29 is 14.7 Å². The van der Waals surface area contributed by atoms with Crippen LogP contribution >= 0.6 is 0 Å². The molecule has 114 valence electrons. The highest BCUT2D eigenvalue weighted by atomic mass is 16.4. The number of amides is 2. The van der Waals surface area contributed by atoms with E-state index >= 15 is 0 Å². The Morgan fingerprint density at radius 3 is 2.00 bits per heavy atom. The number of hydrogen-bond donors (Lipinski definition) is 3. The number of aliphatic carboxylic acids is 1. The van der Waals surface area contributed by atoms with Crippen LogP contribution in [-0.4, -0.2) is 29.7 Å². The van der Waals surface area contributed by atoms with Crippen LogP contribution in [0.1, 0.15) is 52.4 Å². The molecule has 0 aromatic heterocycles. The Balaban J connectivity index is 1.82. The second kappa shape index (κ2) is 6.02. The number of nitrogens with one attached hydrogen (secondary N) is 2. The average Bonchev–Trinajstić information content (AvgIpc) is 3.30. The molecular formula is C15H26N2O3. The number of carbonyl (C=O) groups is 2. The van der Waals surface area contributed by atoms with E-state index in [-0.39, 0.29) is 12.6 Å². The van der Waals surface area contributed by atoms with Crippen molar-refractivity contribution in [1.29, 1.82) is 0 Å². The molecule has 2 aliphatic rings. The Morgan fingerprint density at radius 2 is 1.65 bits per heavy atom. The zero-order valence-electron chi connectivity index (χ0n) is 12.4. The first kappa shape index (κ1) is 15.1. The van der Waals surface area contributed by atoms with E-state index in [1.165, 1.54) is 25.7 Å². The fourth-order valence-corrected chi connectivity index (χ4v) is 2.86. The first-order chi connectivity index (χ1) is 9.52. The van der Waals surface area contributed by atoms with Crippen LogP contribution in [0.25, 0.3) is 0 Å². The van der Waals surface area contributed by atoms with Crippen molar-refractivity contribution in [2.75, 3.05) is 6.54 Å². The summed E-state index contributed by atoms with van der Waals surface area (Å²) in [5.41, 5.74) is -0.841. The summed E-state index contributed by atoms with van der Waals surface area (Å²) in [6, 6.07) is 0.0961. The number of carbonyl (C=O) groups excluding carboxylic acids is 1. The van der Waals surface area contributed by atoms with Crippen molar-refractivity contribution in [3.63, 3.8) is 0 Å². The average molecular weight is 282 g/mol. The van der Waals surface area contributed by atoms with Gasteiger partial charge in [0, 0.05) is 12.6 Å². The van der Waals surface area contributed by atoms with Crippen LogP contribution in [0.5, 0.6) is 0 Å². The molecule has 3 N–H and O–H groups in total. The van der Waals surface area contributed by atoms with Crippen LogP contribution in [0.2, 0.25) is 0 Å². The second-order valence-corrected chi connectivity index (χ2v) is 6.32. The molecule has 0 aromatic carbocycles. The largest absolute Gasteiger partial charge is 0.481 e. The third kappa shape index (κ3) is 3.44. The zero-order chi connectivity index (χ0) is 14.8. The first-order valence-corrected chi connectivity index (χ1v) is 7.80. The van der Waals surface area contributed by atoms with E-state index in [2.05, 4.69) is 10.6 Å². The molecule has 0 radical (unpaired) electrons. The van der Waals surface area contributed by atoms with Crippen molar-refractivity contribution in [3.8, 4) is 0 Å². The van der Waals surface area contributed by atoms with Gasteiger partial charge in [0.15, 0.2) is 0 Å². The molecule has 2 aliphatic carbocycles. The van der Waals surface area contributed by atoms with E-state index in [4.69, 9.17) is 0 Å². The highest BCUT2D eigenvalue weighted by Crippen LogP contribution is 2.44. The van der Waals surface area contributed by atoms with Gasteiger partial charge in [-0.1, -0.05) is 13.8 Å². The standard InChI is InChI=1S/C15H26N2O3/c1-3-15(4-2,13(18)19)9-16-14(20)17-12(10-5-6-10)11-7-8-11/h10-12H,3-9H2,1-2H3,(H,18,19)(H2,16,17,20). The molecule has 2 saturated carbocycles. The fourth-order valence-electron chi connectivity index (χ4n) is 2.86. The van der Waals surface area contributed by atoms with E-state index in [0.29, 0.717) is 30.7 Å². The number of carboxylic acids is 1. The fraction of sp³-hybridized carbons (Fsp3) is 0.867. The van der Waals surface area contributed by atoms with Crippen molar-refractivity contribution in [2.45, 2.75) is 58.4 Å². The molecule has 0 aliphatic heterocycles. The van der Waals surface area contributed by atoms with Gasteiger partial charge in [-0.2, -0.15) is 0 Å². The summed E-state index contributed by atoms with van der Waals surface area (Å²) in [5, 5.41) is 15.2. The lowest BCUT2D eigenvalue weighted by Gasteiger charge is -2.27. The minimum Gasteiger partial charge on any atom is -0.481 e. The van der Waals surface area contributed by atoms with Gasteiger partial charge in [-0.25, -0.2) is 4.79 Å². The van der Waals surface area contributed by atoms with E-state index in [9.17, 15) is 14.7 Å². The van der Waals surface area contributed by atoms with Crippen molar-refractivity contribution in [3.05, 3.63) is 0 Å². The summed E-state index contributed by atoms with van der Waals surface area (Å²) in [4.78, 5) is 23.4. The number of hydrogen-bond acceptors (Lipinski definition) is 2. The van der Waals surface area contributed by atoms with E-state index in [0.717, 1.165) is 0 Å². The first-order valence-electron chi connectivity index (χ1n) is 7.80. The van der Waals surface area contributed by atoms with Gasteiger partial charge in [-0.05, 0) is 50.4 Å². The number of rotatable bonds is 8. The minimum atomic E-state index is -0.841. The highest BCUT2D eigenvalue weighted by Gasteiger charge is 2.42. The lowest BCUT2D eigenvalue weighted by atomic mass is 9.82. The molecule has 5 nitrogen and oxygen atoms in total. The summed E-state index contributed by atoms with van der Waals surface area (Å²) >= 11 is 0. The Kier molecular flexibility index (Phi) is 4.55. The van der Waals surface area contributed by atoms with Gasteiger partial charge in [-0.15, -0.1) is 0 Å². The molecule has 0 heterocycles. The van der Waals surface area contributed by atoms with E-state index in [1.54, 1.807) is 0 Å². The molecule has 20 heavy (non-hydrogen) atoms. The molecule has 0 unspecified atom stereocenters. The van der Waals surface area contributed by atoms with Crippen molar-refractivity contribution in [1.82, 2.24) is 10.6 Å². The lowest BCUT2D eigenvalue weighted by molar-refractivity contribution is -0.149. The summed E-state index contributed by atoms with van der Waals surface area (Å²) in [5.74, 6) is 0.466. The number of carboxylic acid groups (broad SMARTS) is 1. The highest BCUT2D eigenvalue weighted by molar-refractivity contribution is 5.78. The lowest BCUT2D eigenvalue weighted by Crippen LogP contribution is -2.49. The molecule has 0 atom stereocenters. The van der Waals surface area contributed by atoms with Crippen LogP contribution < -0.4 is 10.6 Å². The maximum atomic E-state index is 12.0. The third-order valence-electron chi connectivity index (χ3n) is 4.95. The third-order valence-corrected chi connectivity index (χ3v) is 4.95. The van der Waals surface area contributed by atoms with Crippen LogP contribution in [0.15, 0.2) is 0 Å². The predicted molar refractivity (Wildman–Crippen MR) is 76.4 cm³/mol. The zero-order valence-corrected chi connectivity index (χ0v) is 12.4. The van der Waals surface area contributed by atoms with Crippen LogP contribution in [0.4, 0.5) is 4.79 Å². The van der Waals surface area contributed by atoms with E-state index in [1.807, 2.05) is 13.8 Å². The summed E-state index contributed by atoms with van der Waals surface area (Å²) in [6.45, 7) is 3.91. The smallest absolute Gasteiger partial charge is 0.315 e. The molecule has 0 saturated heterocycles. The molecule has 2 amide bonds. The van der Waals surface area contributed by atoms with Gasteiger partial charge in [0.05, 0.1) is 5.41 Å². The Bertz CT molecular complexity index is 359. The molecule has 0 spiro atoms. The topological polar surface area (TPSA) is 78.4 Å². The molecule has 0 aromatic rings. The van der Waals surface area contributed by atoms with Gasteiger partial charge in [0.2, 0.25) is 0 Å². The van der Waals surface area contributed by atoms with Crippen molar-refractivity contribution in [2.24, 2.45) is 17.3 Å². The SMILES string of the molecule is CCC(CC)(CNC(=O)NC(C1CC1)C1CC1)C(=O)O. The van der Waals surface area contributed by atoms with Crippen LogP contribution in [0.3, 0.4) is 0 Å². The molecule has 0 bridgehead atoms. The Labute approximate surface area is 120 Å². The molecule has 5 heteroatoms. The van der Waals surface area contributed by atoms with Gasteiger partial charge in [0.25, 0.3) is 0 Å². The van der Waals surface area contributed by atoms with Gasteiger partial charge < -0.3 is 15.7 Å². The quantitative estimate of drug-likeness (QED) is 0.639. The second-order valence-electron chi connectivity index (χ2n) is 6.32. The van der Waals surface area contributed by atoms with Gasteiger partial charge in [0.1, 0.15) is 0 Å². The molecular weight excluding hydrogens is 256 g/mol. The predicted octanol–water partition coefficient (Wildman–Crippen LogP) is 2.37. The maximum Gasteiger partial charge on any atom is 0.315 e. The van der Waals surface area contributed by atoms with E-state index < -0.39 is 11.4 Å². The maximum absolute atomic E-state index is 12.0. The van der Waals surface area contributed by atoms with Crippen LogP contribution in [-0.2, 0) is 4.79 Å². The Morgan fingerprint density at radius 1 is 1.15 bits per heavy atom. The van der Waals surface area contributed by atoms with Crippen LogP contribution in [0, 0.1) is 17.3 Å². The Hall–Kier alpha value is -1.26. The van der Waals surface area contributed by atoms with Crippen molar-refractivity contribution >= 4 is 12.0 Å². The number of urea groups is 1. The van der Waals surface area contributed by atoms with Gasteiger partial charge in [-0.3, -0.25) is 4.79 Å². The minimum absolute atomic E-state index is 0.198. The normalized spacial score (nSPS) is 18.9. The summed E-state index contributed by atoms with van der Waals surface area (Å²) in [6.07, 6.45) is 5.89. The summed E-state index contributed by atoms with van der Waals surface area (Å²) in [7, 11) is 0.